The molecule has 2 heterocycles. The lowest BCUT2D eigenvalue weighted by molar-refractivity contribution is -0.141. The van der Waals surface area contributed by atoms with Crippen LogP contribution >= 0.6 is 0 Å². The van der Waals surface area contributed by atoms with Gasteiger partial charge in [0.1, 0.15) is 6.61 Å². The average molecular weight is 400 g/mol. The van der Waals surface area contributed by atoms with Gasteiger partial charge in [-0.3, -0.25) is 4.79 Å². The summed E-state index contributed by atoms with van der Waals surface area (Å²) in [6, 6.07) is 7.15. The summed E-state index contributed by atoms with van der Waals surface area (Å²) in [6.45, 7) is 0.438. The van der Waals surface area contributed by atoms with Crippen molar-refractivity contribution in [3.63, 3.8) is 0 Å². The Bertz CT molecular complexity index is 950. The Kier molecular flexibility index (Phi) is 5.33. The molecule has 0 amide bonds. The Morgan fingerprint density at radius 1 is 0.931 bits per heavy atom. The van der Waals surface area contributed by atoms with Crippen molar-refractivity contribution in [1.82, 2.24) is 0 Å². The molecule has 0 spiro atoms. The predicted molar refractivity (Wildman–Crippen MR) is 102 cm³/mol. The quantitative estimate of drug-likeness (QED) is 0.656. The Balaban J connectivity index is 1.34. The maximum atomic E-state index is 12.2. The Hall–Kier alpha value is -3.55. The first-order valence-electron chi connectivity index (χ1n) is 8.94. The van der Waals surface area contributed by atoms with Gasteiger partial charge in [0.2, 0.25) is 25.1 Å². The number of hydrogen-bond donors (Lipinski definition) is 0. The summed E-state index contributed by atoms with van der Waals surface area (Å²) < 4.78 is 37.3. The van der Waals surface area contributed by atoms with Crippen molar-refractivity contribution in [3.05, 3.63) is 41.5 Å². The van der Waals surface area contributed by atoms with Crippen molar-refractivity contribution in [3.8, 4) is 34.5 Å². The van der Waals surface area contributed by atoms with E-state index in [0.717, 1.165) is 11.1 Å². The number of benzene rings is 2. The van der Waals surface area contributed by atoms with E-state index in [0.29, 0.717) is 34.5 Å². The third-order valence-electron chi connectivity index (χ3n) is 4.40. The van der Waals surface area contributed by atoms with E-state index in [4.69, 9.17) is 33.2 Å². The Morgan fingerprint density at radius 3 is 2.28 bits per heavy atom. The normalized spacial score (nSPS) is 13.6. The fraction of sp³-hybridized carbons (Fsp3) is 0.286. The summed E-state index contributed by atoms with van der Waals surface area (Å²) >= 11 is 0. The van der Waals surface area contributed by atoms with E-state index in [2.05, 4.69) is 0 Å². The molecule has 4 rings (SSSR count). The van der Waals surface area contributed by atoms with Crippen molar-refractivity contribution < 1.29 is 38.0 Å². The van der Waals surface area contributed by atoms with E-state index >= 15 is 0 Å². The first kappa shape index (κ1) is 18.8. The van der Waals surface area contributed by atoms with Crippen LogP contribution in [0.4, 0.5) is 0 Å². The molecule has 0 radical (unpaired) electrons. The summed E-state index contributed by atoms with van der Waals surface area (Å²) in [5, 5.41) is 0. The van der Waals surface area contributed by atoms with Crippen LogP contribution in [0.2, 0.25) is 0 Å². The lowest BCUT2D eigenvalue weighted by Gasteiger charge is -2.08. The minimum Gasteiger partial charge on any atom is -0.493 e. The molecule has 0 saturated carbocycles. The number of carbonyl (C=O) groups excluding carboxylic acids is 1. The second-order valence-corrected chi connectivity index (χ2v) is 6.25. The molecule has 2 aromatic rings. The van der Waals surface area contributed by atoms with Crippen LogP contribution in [0.25, 0.3) is 6.08 Å². The number of hydrogen-bond acceptors (Lipinski definition) is 8. The topological polar surface area (TPSA) is 81.7 Å². The second kappa shape index (κ2) is 8.22. The maximum Gasteiger partial charge on any atom is 0.310 e. The number of rotatable bonds is 7. The monoisotopic (exact) mass is 400 g/mol. The molecule has 0 fully saturated rings. The molecule has 29 heavy (non-hydrogen) atoms. The number of esters is 1. The van der Waals surface area contributed by atoms with Gasteiger partial charge in [0.05, 0.1) is 20.6 Å². The van der Waals surface area contributed by atoms with Gasteiger partial charge >= 0.3 is 5.97 Å². The van der Waals surface area contributed by atoms with Crippen LogP contribution in [0.3, 0.4) is 0 Å². The van der Waals surface area contributed by atoms with Gasteiger partial charge < -0.3 is 33.2 Å². The molecular formula is C21H20O8. The molecule has 0 N–H and O–H groups in total. The lowest BCUT2D eigenvalue weighted by Crippen LogP contribution is -2.08. The molecular weight excluding hydrogens is 380 g/mol. The van der Waals surface area contributed by atoms with Crippen molar-refractivity contribution in [2.24, 2.45) is 0 Å². The molecule has 2 aromatic carbocycles. The minimum absolute atomic E-state index is 0.0959. The van der Waals surface area contributed by atoms with Crippen LogP contribution in [0, 0.1) is 0 Å². The molecule has 0 saturated heterocycles. The van der Waals surface area contributed by atoms with Crippen LogP contribution in [-0.4, -0.2) is 40.4 Å². The minimum atomic E-state index is -0.362. The smallest absolute Gasteiger partial charge is 0.310 e. The highest BCUT2D eigenvalue weighted by molar-refractivity contribution is 5.74. The van der Waals surface area contributed by atoms with E-state index in [1.165, 1.54) is 7.11 Å². The number of methoxy groups -OCH3 is 2. The van der Waals surface area contributed by atoms with Gasteiger partial charge in [-0.15, -0.1) is 0 Å². The van der Waals surface area contributed by atoms with E-state index in [9.17, 15) is 4.79 Å². The van der Waals surface area contributed by atoms with Crippen LogP contribution in [0.1, 0.15) is 11.1 Å². The second-order valence-electron chi connectivity index (χ2n) is 6.25. The summed E-state index contributed by atoms with van der Waals surface area (Å²) in [5.74, 6) is 3.08. The van der Waals surface area contributed by atoms with Gasteiger partial charge in [0.15, 0.2) is 23.0 Å². The molecule has 0 aromatic heterocycles. The first-order valence-corrected chi connectivity index (χ1v) is 8.94. The first-order chi connectivity index (χ1) is 14.2. The highest BCUT2D eigenvalue weighted by Gasteiger charge is 2.21. The maximum absolute atomic E-state index is 12.2. The van der Waals surface area contributed by atoms with Crippen LogP contribution in [-0.2, 0) is 16.0 Å². The SMILES string of the molecule is COc1cc(/C=C/COC(=O)Cc2cc(OC)c3c(c2)OCO3)cc2c1OCO2. The van der Waals surface area contributed by atoms with E-state index < -0.39 is 0 Å². The molecule has 0 atom stereocenters. The molecule has 0 unspecified atom stereocenters. The number of fused-ring (bicyclic) bond motifs is 2. The summed E-state index contributed by atoms with van der Waals surface area (Å²) in [7, 11) is 3.10. The van der Waals surface area contributed by atoms with Crippen molar-refractivity contribution in [2.45, 2.75) is 6.42 Å². The standard InChI is InChI=1S/C21H20O8/c1-23-15-6-13(7-17-20(15)28-11-26-17)4-3-5-25-19(22)10-14-8-16(24-2)21-18(9-14)27-12-29-21/h3-4,6-9H,5,10-12H2,1-2H3/b4-3+. The van der Waals surface area contributed by atoms with Crippen LogP contribution in [0.15, 0.2) is 30.3 Å². The van der Waals surface area contributed by atoms with Crippen molar-refractivity contribution in [1.29, 1.82) is 0 Å². The Labute approximate surface area is 167 Å². The molecule has 2 aliphatic rings. The highest BCUT2D eigenvalue weighted by Crippen LogP contribution is 2.43. The van der Waals surface area contributed by atoms with E-state index in [-0.39, 0.29) is 32.6 Å². The average Bonchev–Trinajstić information content (AvgIpc) is 3.39. The summed E-state index contributed by atoms with van der Waals surface area (Å²) in [5.41, 5.74) is 1.57. The number of ether oxygens (including phenoxy) is 7. The van der Waals surface area contributed by atoms with Gasteiger partial charge in [-0.1, -0.05) is 6.08 Å². The van der Waals surface area contributed by atoms with E-state index in [1.807, 2.05) is 18.2 Å². The zero-order valence-electron chi connectivity index (χ0n) is 16.1. The third kappa shape index (κ3) is 4.01. The van der Waals surface area contributed by atoms with Gasteiger partial charge in [-0.05, 0) is 41.5 Å². The van der Waals surface area contributed by atoms with Gasteiger partial charge in [0.25, 0.3) is 0 Å². The van der Waals surface area contributed by atoms with Crippen molar-refractivity contribution in [2.75, 3.05) is 34.4 Å². The molecule has 0 bridgehead atoms. The highest BCUT2D eigenvalue weighted by atomic mass is 16.7. The number of carbonyl (C=O) groups is 1. The zero-order valence-corrected chi connectivity index (χ0v) is 16.1. The molecule has 152 valence electrons. The van der Waals surface area contributed by atoms with E-state index in [1.54, 1.807) is 25.3 Å². The predicted octanol–water partition coefficient (Wildman–Crippen LogP) is 2.96. The molecule has 2 aliphatic heterocycles. The molecule has 8 heteroatoms. The van der Waals surface area contributed by atoms with Gasteiger partial charge in [-0.2, -0.15) is 0 Å². The lowest BCUT2D eigenvalue weighted by atomic mass is 10.1. The van der Waals surface area contributed by atoms with Crippen LogP contribution in [0.5, 0.6) is 34.5 Å². The molecule has 0 aliphatic carbocycles. The third-order valence-corrected chi connectivity index (χ3v) is 4.40. The summed E-state index contributed by atoms with van der Waals surface area (Å²) in [4.78, 5) is 12.2. The fourth-order valence-electron chi connectivity index (χ4n) is 3.08. The summed E-state index contributed by atoms with van der Waals surface area (Å²) in [6.07, 6.45) is 3.66. The van der Waals surface area contributed by atoms with Gasteiger partial charge in [0, 0.05) is 0 Å². The fourth-order valence-corrected chi connectivity index (χ4v) is 3.08. The van der Waals surface area contributed by atoms with Crippen LogP contribution < -0.4 is 28.4 Å². The zero-order chi connectivity index (χ0) is 20.2. The van der Waals surface area contributed by atoms with Gasteiger partial charge in [-0.25, -0.2) is 0 Å². The Morgan fingerprint density at radius 2 is 1.59 bits per heavy atom. The molecule has 8 nitrogen and oxygen atoms in total. The van der Waals surface area contributed by atoms with Crippen molar-refractivity contribution >= 4 is 12.0 Å². The largest absolute Gasteiger partial charge is 0.493 e.